The standard InChI is InChI=1S/C6H14N2.C4H7NO/c1-7-3-5-8(2)6-4-7;6-3-4-1-2-5-4/h3-6H2,1-2H3;3-5H,1-2H2. The fraction of sp³-hybridized carbons (Fsp3) is 0.900. The molecule has 0 radical (unpaired) electrons. The maximum Gasteiger partial charge on any atom is 0.136 e. The van der Waals surface area contributed by atoms with Crippen molar-refractivity contribution >= 4 is 6.29 Å². The van der Waals surface area contributed by atoms with Crippen molar-refractivity contribution in [3.05, 3.63) is 0 Å². The van der Waals surface area contributed by atoms with Gasteiger partial charge in [0, 0.05) is 26.2 Å². The van der Waals surface area contributed by atoms with Crippen LogP contribution in [0.25, 0.3) is 0 Å². The molecule has 0 aromatic rings. The average molecular weight is 199 g/mol. The highest BCUT2D eigenvalue weighted by Gasteiger charge is 2.13. The molecule has 2 aliphatic heterocycles. The summed E-state index contributed by atoms with van der Waals surface area (Å²) >= 11 is 0. The lowest BCUT2D eigenvalue weighted by atomic mass is 10.1. The normalized spacial score (nSPS) is 28.6. The van der Waals surface area contributed by atoms with Gasteiger partial charge in [-0.1, -0.05) is 0 Å². The molecule has 0 saturated carbocycles. The molecular weight excluding hydrogens is 178 g/mol. The van der Waals surface area contributed by atoms with Crippen LogP contribution in [0, 0.1) is 0 Å². The van der Waals surface area contributed by atoms with Crippen molar-refractivity contribution in [1.82, 2.24) is 15.1 Å². The molecule has 2 fully saturated rings. The molecule has 2 aliphatic rings. The Labute approximate surface area is 86.2 Å². The van der Waals surface area contributed by atoms with E-state index < -0.39 is 0 Å². The topological polar surface area (TPSA) is 35.6 Å². The number of carbonyl (C=O) groups is 1. The molecule has 14 heavy (non-hydrogen) atoms. The largest absolute Gasteiger partial charge is 0.308 e. The summed E-state index contributed by atoms with van der Waals surface area (Å²) in [6.45, 7) is 5.95. The van der Waals surface area contributed by atoms with E-state index in [1.54, 1.807) is 0 Å². The Kier molecular flexibility index (Phi) is 5.07. The molecule has 0 bridgehead atoms. The third-order valence-electron chi connectivity index (χ3n) is 2.75. The second-order valence-corrected chi connectivity index (χ2v) is 4.09. The molecule has 0 aromatic heterocycles. The van der Waals surface area contributed by atoms with Gasteiger partial charge in [0.05, 0.1) is 6.04 Å². The molecule has 4 heteroatoms. The van der Waals surface area contributed by atoms with Gasteiger partial charge in [0.2, 0.25) is 0 Å². The number of hydrogen-bond donors (Lipinski definition) is 1. The van der Waals surface area contributed by atoms with Gasteiger partial charge >= 0.3 is 0 Å². The van der Waals surface area contributed by atoms with E-state index in [9.17, 15) is 4.79 Å². The summed E-state index contributed by atoms with van der Waals surface area (Å²) in [7, 11) is 4.35. The molecular formula is C10H21N3O. The third kappa shape index (κ3) is 4.17. The minimum Gasteiger partial charge on any atom is -0.308 e. The van der Waals surface area contributed by atoms with Crippen molar-refractivity contribution in [2.45, 2.75) is 12.5 Å². The molecule has 2 heterocycles. The summed E-state index contributed by atoms with van der Waals surface area (Å²) in [4.78, 5) is 14.4. The van der Waals surface area contributed by atoms with E-state index in [2.05, 4.69) is 29.2 Å². The first-order valence-corrected chi connectivity index (χ1v) is 5.28. The predicted molar refractivity (Wildman–Crippen MR) is 57.5 cm³/mol. The maximum atomic E-state index is 9.72. The summed E-state index contributed by atoms with van der Waals surface area (Å²) in [5.74, 6) is 0. The second-order valence-electron chi connectivity index (χ2n) is 4.09. The Morgan fingerprint density at radius 1 is 1.14 bits per heavy atom. The Morgan fingerprint density at radius 2 is 1.57 bits per heavy atom. The van der Waals surface area contributed by atoms with Gasteiger partial charge in [-0.15, -0.1) is 0 Å². The van der Waals surface area contributed by atoms with E-state index in [-0.39, 0.29) is 6.04 Å². The van der Waals surface area contributed by atoms with Gasteiger partial charge in [0.15, 0.2) is 0 Å². The Balaban J connectivity index is 0.000000146. The van der Waals surface area contributed by atoms with Crippen LogP contribution in [0.2, 0.25) is 0 Å². The van der Waals surface area contributed by atoms with E-state index in [1.165, 1.54) is 26.2 Å². The van der Waals surface area contributed by atoms with Crippen LogP contribution in [0.5, 0.6) is 0 Å². The van der Waals surface area contributed by atoms with Crippen molar-refractivity contribution in [3.8, 4) is 0 Å². The number of hydrogen-bond acceptors (Lipinski definition) is 4. The van der Waals surface area contributed by atoms with Crippen LogP contribution in [0.4, 0.5) is 0 Å². The first-order chi connectivity index (χ1) is 6.72. The molecule has 1 N–H and O–H groups in total. The van der Waals surface area contributed by atoms with Gasteiger partial charge in [-0.05, 0) is 27.1 Å². The van der Waals surface area contributed by atoms with Crippen molar-refractivity contribution in [1.29, 1.82) is 0 Å². The molecule has 0 aromatic carbocycles. The maximum absolute atomic E-state index is 9.72. The zero-order valence-corrected chi connectivity index (χ0v) is 9.20. The van der Waals surface area contributed by atoms with Gasteiger partial charge in [-0.25, -0.2) is 0 Å². The van der Waals surface area contributed by atoms with Crippen LogP contribution in [0.3, 0.4) is 0 Å². The Bertz CT molecular complexity index is 153. The van der Waals surface area contributed by atoms with E-state index in [1.807, 2.05) is 0 Å². The minimum atomic E-state index is 0.185. The van der Waals surface area contributed by atoms with E-state index in [0.29, 0.717) is 0 Å². The molecule has 2 saturated heterocycles. The van der Waals surface area contributed by atoms with Crippen molar-refractivity contribution in [2.75, 3.05) is 46.8 Å². The Hall–Kier alpha value is -0.450. The Morgan fingerprint density at radius 3 is 1.71 bits per heavy atom. The van der Waals surface area contributed by atoms with Crippen molar-refractivity contribution < 1.29 is 4.79 Å². The molecule has 82 valence electrons. The summed E-state index contributed by atoms with van der Waals surface area (Å²) in [5.41, 5.74) is 0. The zero-order chi connectivity index (χ0) is 10.4. The van der Waals surface area contributed by atoms with E-state index >= 15 is 0 Å². The van der Waals surface area contributed by atoms with E-state index in [4.69, 9.17) is 0 Å². The average Bonchev–Trinajstić information content (AvgIpc) is 2.09. The SMILES string of the molecule is CN1CCN(C)CC1.O=CC1CCN1. The van der Waals surface area contributed by atoms with Gasteiger partial charge in [-0.2, -0.15) is 0 Å². The highest BCUT2D eigenvalue weighted by molar-refractivity contribution is 5.58. The van der Waals surface area contributed by atoms with Crippen molar-refractivity contribution in [2.24, 2.45) is 0 Å². The summed E-state index contributed by atoms with van der Waals surface area (Å²) < 4.78 is 0. The van der Waals surface area contributed by atoms with E-state index in [0.717, 1.165) is 19.3 Å². The smallest absolute Gasteiger partial charge is 0.136 e. The van der Waals surface area contributed by atoms with Gasteiger partial charge in [-0.3, -0.25) is 0 Å². The molecule has 0 aliphatic carbocycles. The first-order valence-electron chi connectivity index (χ1n) is 5.28. The molecule has 4 nitrogen and oxygen atoms in total. The number of carbonyl (C=O) groups excluding carboxylic acids is 1. The van der Waals surface area contributed by atoms with Crippen LogP contribution in [-0.4, -0.2) is 68.9 Å². The number of likely N-dealkylation sites (N-methyl/N-ethyl adjacent to an activating group) is 2. The van der Waals surface area contributed by atoms with Gasteiger partial charge in [0.1, 0.15) is 6.29 Å². The van der Waals surface area contributed by atoms with Crippen LogP contribution < -0.4 is 5.32 Å². The molecule has 0 amide bonds. The minimum absolute atomic E-state index is 0.185. The van der Waals surface area contributed by atoms with Gasteiger partial charge in [0.25, 0.3) is 0 Å². The molecule has 1 unspecified atom stereocenters. The lowest BCUT2D eigenvalue weighted by Crippen LogP contribution is -2.43. The second kappa shape index (κ2) is 6.11. The third-order valence-corrected chi connectivity index (χ3v) is 2.75. The van der Waals surface area contributed by atoms with Crippen LogP contribution in [0.15, 0.2) is 0 Å². The summed E-state index contributed by atoms with van der Waals surface area (Å²) in [6, 6.07) is 0.185. The molecule has 2 rings (SSSR count). The lowest BCUT2D eigenvalue weighted by Gasteiger charge is -2.28. The molecule has 0 spiro atoms. The summed E-state index contributed by atoms with van der Waals surface area (Å²) in [5, 5.41) is 2.93. The summed E-state index contributed by atoms with van der Waals surface area (Å²) in [6.07, 6.45) is 1.98. The first kappa shape index (κ1) is 11.6. The fourth-order valence-electron chi connectivity index (χ4n) is 1.33. The highest BCUT2D eigenvalue weighted by atomic mass is 16.1. The fourth-order valence-corrected chi connectivity index (χ4v) is 1.33. The quantitative estimate of drug-likeness (QED) is 0.573. The highest BCUT2D eigenvalue weighted by Crippen LogP contribution is 1.95. The van der Waals surface area contributed by atoms with Crippen LogP contribution in [-0.2, 0) is 4.79 Å². The predicted octanol–water partition coefficient (Wildman–Crippen LogP) is -0.589. The number of nitrogens with zero attached hydrogens (tertiary/aromatic N) is 2. The number of rotatable bonds is 1. The molecule has 1 atom stereocenters. The van der Waals surface area contributed by atoms with Crippen molar-refractivity contribution in [3.63, 3.8) is 0 Å². The van der Waals surface area contributed by atoms with Crippen LogP contribution >= 0.6 is 0 Å². The zero-order valence-electron chi connectivity index (χ0n) is 9.20. The number of nitrogens with one attached hydrogen (secondary N) is 1. The lowest BCUT2D eigenvalue weighted by molar-refractivity contribution is -0.110. The number of aldehydes is 1. The number of piperazine rings is 1. The van der Waals surface area contributed by atoms with Gasteiger partial charge < -0.3 is 19.9 Å². The monoisotopic (exact) mass is 199 g/mol. The van der Waals surface area contributed by atoms with Crippen LogP contribution in [0.1, 0.15) is 6.42 Å².